The number of rotatable bonds is 5. The van der Waals surface area contributed by atoms with Gasteiger partial charge in [-0.25, -0.2) is 9.59 Å². The minimum atomic E-state index is -4.37. The fraction of sp³-hybridized carbons (Fsp3) is 0.273. The van der Waals surface area contributed by atoms with Gasteiger partial charge in [-0.15, -0.1) is 0 Å². The first-order valence-corrected chi connectivity index (χ1v) is 6.49. The van der Waals surface area contributed by atoms with E-state index in [2.05, 4.69) is 10.6 Å². The highest BCUT2D eigenvalue weighted by molar-refractivity contribution is 8.00. The number of carbonyl (C=O) groups is 2. The first-order valence-electron chi connectivity index (χ1n) is 5.51. The Balaban J connectivity index is 2.54. The minimum Gasteiger partial charge on any atom is -0.508 e. The number of alkyl halides is 3. The Morgan fingerprint density at radius 2 is 1.95 bits per heavy atom. The van der Waals surface area contributed by atoms with Gasteiger partial charge in [0.25, 0.3) is 0 Å². The van der Waals surface area contributed by atoms with E-state index in [1.807, 2.05) is 0 Å². The quantitative estimate of drug-likeness (QED) is 0.493. The lowest BCUT2D eigenvalue weighted by molar-refractivity contribution is -0.0327. The average Bonchev–Trinajstić information content (AvgIpc) is 2.35. The van der Waals surface area contributed by atoms with Crippen molar-refractivity contribution in [2.45, 2.75) is 5.51 Å². The van der Waals surface area contributed by atoms with Gasteiger partial charge in [-0.05, 0) is 30.0 Å². The Bertz CT molecular complexity index is 537. The molecule has 0 atom stereocenters. The summed E-state index contributed by atoms with van der Waals surface area (Å²) in [7, 11) is 0. The molecule has 1 rings (SSSR count). The zero-order chi connectivity index (χ0) is 16.0. The molecule has 0 aliphatic rings. The normalized spacial score (nSPS) is 11.0. The second-order valence-electron chi connectivity index (χ2n) is 3.71. The molecule has 0 unspecified atom stereocenters. The number of carbonyl (C=O) groups excluding carboxylic acids is 1. The predicted octanol–water partition coefficient (Wildman–Crippen LogP) is 2.46. The van der Waals surface area contributed by atoms with Crippen molar-refractivity contribution in [1.82, 2.24) is 5.32 Å². The van der Waals surface area contributed by atoms with E-state index in [0.717, 1.165) is 6.07 Å². The monoisotopic (exact) mass is 324 g/mol. The lowest BCUT2D eigenvalue weighted by atomic mass is 10.1. The molecule has 0 fully saturated rings. The summed E-state index contributed by atoms with van der Waals surface area (Å²) in [5.74, 6) is -2.02. The molecule has 6 nitrogen and oxygen atoms in total. The highest BCUT2D eigenvalue weighted by atomic mass is 32.2. The van der Waals surface area contributed by atoms with Crippen LogP contribution in [0.4, 0.5) is 23.7 Å². The molecular weight excluding hydrogens is 313 g/mol. The number of aromatic hydroxyl groups is 1. The number of hydrogen-bond donors (Lipinski definition) is 4. The smallest absolute Gasteiger partial charge is 0.441 e. The average molecular weight is 324 g/mol. The van der Waals surface area contributed by atoms with Gasteiger partial charge < -0.3 is 20.8 Å². The van der Waals surface area contributed by atoms with Crippen molar-refractivity contribution >= 4 is 29.4 Å². The minimum absolute atomic E-state index is 0.0822. The van der Waals surface area contributed by atoms with Crippen molar-refractivity contribution in [1.29, 1.82) is 0 Å². The molecular formula is C11H11F3N2O4S. The third kappa shape index (κ3) is 6.25. The van der Waals surface area contributed by atoms with Crippen LogP contribution in [0.2, 0.25) is 0 Å². The van der Waals surface area contributed by atoms with Crippen LogP contribution in [-0.2, 0) is 0 Å². The number of thioether (sulfide) groups is 1. The molecule has 0 aliphatic heterocycles. The molecule has 10 heteroatoms. The lowest BCUT2D eigenvalue weighted by Gasteiger charge is -2.10. The van der Waals surface area contributed by atoms with Gasteiger partial charge in [0, 0.05) is 12.3 Å². The maximum Gasteiger partial charge on any atom is 0.441 e. The number of urea groups is 1. The summed E-state index contributed by atoms with van der Waals surface area (Å²) >= 11 is -0.278. The number of amides is 2. The Hall–Kier alpha value is -2.10. The third-order valence-electron chi connectivity index (χ3n) is 2.14. The number of benzene rings is 1. The Morgan fingerprint density at radius 1 is 1.29 bits per heavy atom. The molecule has 1 aromatic rings. The van der Waals surface area contributed by atoms with Crippen LogP contribution in [0.25, 0.3) is 0 Å². The number of anilines is 1. The fourth-order valence-corrected chi connectivity index (χ4v) is 1.75. The lowest BCUT2D eigenvalue weighted by Crippen LogP contribution is -2.31. The summed E-state index contributed by atoms with van der Waals surface area (Å²) in [4.78, 5) is 22.3. The molecule has 0 heterocycles. The van der Waals surface area contributed by atoms with Crippen molar-refractivity contribution in [3.8, 4) is 5.75 Å². The molecule has 1 aromatic carbocycles. The number of carboxylic acids is 1. The molecule has 116 valence electrons. The summed E-state index contributed by atoms with van der Waals surface area (Å²) in [5.41, 5.74) is -4.79. The zero-order valence-corrected chi connectivity index (χ0v) is 11.2. The van der Waals surface area contributed by atoms with Gasteiger partial charge in [-0.1, -0.05) is 0 Å². The van der Waals surface area contributed by atoms with Gasteiger partial charge in [-0.3, -0.25) is 0 Å². The number of hydrogen-bond acceptors (Lipinski definition) is 4. The number of phenolic OH excluding ortho intramolecular Hbond substituents is 1. The van der Waals surface area contributed by atoms with E-state index in [-0.39, 0.29) is 41.1 Å². The van der Waals surface area contributed by atoms with Crippen LogP contribution in [0, 0.1) is 0 Å². The standard InChI is InChI=1S/C11H11F3N2O4S/c12-11(13,14)21-4-3-15-10(20)16-8-2-1-6(17)5-7(8)9(18)19/h1-2,5,17H,3-4H2,(H,18,19)(H2,15,16,20). The van der Waals surface area contributed by atoms with E-state index >= 15 is 0 Å². The Labute approximate surface area is 121 Å². The van der Waals surface area contributed by atoms with Crippen LogP contribution in [0.15, 0.2) is 18.2 Å². The topological polar surface area (TPSA) is 98.7 Å². The van der Waals surface area contributed by atoms with Gasteiger partial charge in [0.15, 0.2) is 0 Å². The summed E-state index contributed by atoms with van der Waals surface area (Å²) in [6, 6.07) is 2.44. The fourth-order valence-electron chi connectivity index (χ4n) is 1.32. The highest BCUT2D eigenvalue weighted by Crippen LogP contribution is 2.29. The van der Waals surface area contributed by atoms with Crippen LogP contribution in [0.3, 0.4) is 0 Å². The zero-order valence-electron chi connectivity index (χ0n) is 10.4. The number of halogens is 3. The molecule has 4 N–H and O–H groups in total. The number of phenols is 1. The number of nitrogens with one attached hydrogen (secondary N) is 2. The molecule has 0 radical (unpaired) electrons. The van der Waals surface area contributed by atoms with Crippen LogP contribution < -0.4 is 10.6 Å². The van der Waals surface area contributed by atoms with E-state index < -0.39 is 17.5 Å². The Kier molecular flexibility index (Phi) is 5.70. The van der Waals surface area contributed by atoms with Crippen molar-refractivity contribution in [3.05, 3.63) is 23.8 Å². The van der Waals surface area contributed by atoms with Crippen LogP contribution >= 0.6 is 11.8 Å². The third-order valence-corrected chi connectivity index (χ3v) is 2.87. The predicted molar refractivity (Wildman–Crippen MR) is 70.6 cm³/mol. The summed E-state index contributed by atoms with van der Waals surface area (Å²) < 4.78 is 35.6. The number of carboxylic acid groups (broad SMARTS) is 1. The molecule has 0 spiro atoms. The first-order chi connectivity index (χ1) is 9.69. The summed E-state index contributed by atoms with van der Waals surface area (Å²) in [5, 5.41) is 22.4. The van der Waals surface area contributed by atoms with Gasteiger partial charge in [0.1, 0.15) is 5.75 Å². The molecule has 21 heavy (non-hydrogen) atoms. The van der Waals surface area contributed by atoms with E-state index in [1.54, 1.807) is 0 Å². The van der Waals surface area contributed by atoms with Crippen molar-refractivity contribution in [2.75, 3.05) is 17.6 Å². The molecule has 0 saturated heterocycles. The van der Waals surface area contributed by atoms with E-state index in [9.17, 15) is 22.8 Å². The summed E-state index contributed by atoms with van der Waals surface area (Å²) in [6.07, 6.45) is 0. The number of aromatic carboxylic acids is 1. The van der Waals surface area contributed by atoms with Gasteiger partial charge in [0.05, 0.1) is 11.3 Å². The van der Waals surface area contributed by atoms with Gasteiger partial charge >= 0.3 is 17.5 Å². The van der Waals surface area contributed by atoms with Crippen molar-refractivity contribution in [2.24, 2.45) is 0 Å². The first kappa shape index (κ1) is 17.0. The van der Waals surface area contributed by atoms with E-state index in [1.165, 1.54) is 12.1 Å². The largest absolute Gasteiger partial charge is 0.508 e. The summed E-state index contributed by atoms with van der Waals surface area (Å²) in [6.45, 7) is -0.240. The second kappa shape index (κ2) is 7.07. The molecule has 0 aliphatic carbocycles. The SMILES string of the molecule is O=C(NCCSC(F)(F)F)Nc1ccc(O)cc1C(=O)O. The van der Waals surface area contributed by atoms with Crippen molar-refractivity contribution < 1.29 is 33.0 Å². The van der Waals surface area contributed by atoms with Crippen LogP contribution in [0.1, 0.15) is 10.4 Å². The van der Waals surface area contributed by atoms with Gasteiger partial charge in [-0.2, -0.15) is 13.2 Å². The molecule has 0 bridgehead atoms. The molecule has 0 aromatic heterocycles. The second-order valence-corrected chi connectivity index (χ2v) is 4.87. The maximum absolute atomic E-state index is 11.9. The van der Waals surface area contributed by atoms with E-state index in [4.69, 9.17) is 10.2 Å². The van der Waals surface area contributed by atoms with Crippen LogP contribution in [-0.4, -0.2) is 40.0 Å². The van der Waals surface area contributed by atoms with E-state index in [0.29, 0.717) is 0 Å². The van der Waals surface area contributed by atoms with Gasteiger partial charge in [0.2, 0.25) is 0 Å². The maximum atomic E-state index is 11.9. The van der Waals surface area contributed by atoms with Crippen LogP contribution in [0.5, 0.6) is 5.75 Å². The van der Waals surface area contributed by atoms with Crippen molar-refractivity contribution in [3.63, 3.8) is 0 Å². The molecule has 2 amide bonds. The Morgan fingerprint density at radius 3 is 2.52 bits per heavy atom. The molecule has 0 saturated carbocycles. The highest BCUT2D eigenvalue weighted by Gasteiger charge is 2.27.